The first kappa shape index (κ1) is 10.6. The molecule has 0 radical (unpaired) electrons. The molecular weight excluding hydrogens is 206 g/mol. The Morgan fingerprint density at radius 1 is 1.50 bits per heavy atom. The lowest BCUT2D eigenvalue weighted by molar-refractivity contribution is 0.361. The van der Waals surface area contributed by atoms with Crippen molar-refractivity contribution in [1.29, 1.82) is 0 Å². The molecule has 2 aromatic rings. The van der Waals surface area contributed by atoms with E-state index in [0.717, 1.165) is 5.56 Å². The number of phenols is 1. The van der Waals surface area contributed by atoms with E-state index in [1.54, 1.807) is 18.2 Å². The first-order chi connectivity index (χ1) is 7.70. The molecule has 1 heterocycles. The minimum absolute atomic E-state index is 0.0403. The average molecular weight is 219 g/mol. The second-order valence-corrected chi connectivity index (χ2v) is 3.64. The molecule has 0 saturated heterocycles. The first-order valence-corrected chi connectivity index (χ1v) is 5.04. The lowest BCUT2D eigenvalue weighted by Crippen LogP contribution is -2.08. The standard InChI is InChI=1S/C11H13N3O2/c1-7(6-12)11-13-10(14-16-11)8-3-2-4-9(15)5-8/h2-5,7,15H,6,12H2,1H3. The van der Waals surface area contributed by atoms with Crippen LogP contribution in [0.15, 0.2) is 28.8 Å². The molecule has 0 aliphatic heterocycles. The van der Waals surface area contributed by atoms with Crippen LogP contribution in [-0.2, 0) is 0 Å². The van der Waals surface area contributed by atoms with Crippen LogP contribution in [0, 0.1) is 0 Å². The van der Waals surface area contributed by atoms with Crippen LogP contribution in [0.3, 0.4) is 0 Å². The van der Waals surface area contributed by atoms with Gasteiger partial charge in [0.15, 0.2) is 0 Å². The van der Waals surface area contributed by atoms with Crippen molar-refractivity contribution in [3.8, 4) is 17.1 Å². The van der Waals surface area contributed by atoms with Gasteiger partial charge in [-0.05, 0) is 12.1 Å². The van der Waals surface area contributed by atoms with Crippen LogP contribution in [0.1, 0.15) is 18.7 Å². The number of hydrogen-bond acceptors (Lipinski definition) is 5. The Hall–Kier alpha value is -1.88. The Morgan fingerprint density at radius 3 is 3.00 bits per heavy atom. The summed E-state index contributed by atoms with van der Waals surface area (Å²) in [6.45, 7) is 2.38. The van der Waals surface area contributed by atoms with Gasteiger partial charge in [0.25, 0.3) is 0 Å². The first-order valence-electron chi connectivity index (χ1n) is 5.04. The molecule has 0 fully saturated rings. The highest BCUT2D eigenvalue weighted by molar-refractivity contribution is 5.56. The van der Waals surface area contributed by atoms with E-state index in [-0.39, 0.29) is 11.7 Å². The number of phenolic OH excluding ortho intramolecular Hbond substituents is 1. The monoisotopic (exact) mass is 219 g/mol. The summed E-state index contributed by atoms with van der Waals surface area (Å²) in [5, 5.41) is 13.2. The normalized spacial score (nSPS) is 12.6. The number of benzene rings is 1. The van der Waals surface area contributed by atoms with Gasteiger partial charge in [0.2, 0.25) is 11.7 Å². The van der Waals surface area contributed by atoms with Gasteiger partial charge in [-0.25, -0.2) is 0 Å². The van der Waals surface area contributed by atoms with Crippen LogP contribution >= 0.6 is 0 Å². The second kappa shape index (κ2) is 4.32. The molecule has 2 rings (SSSR count). The number of nitrogens with two attached hydrogens (primary N) is 1. The Kier molecular flexibility index (Phi) is 2.87. The number of nitrogens with zero attached hydrogens (tertiary/aromatic N) is 2. The van der Waals surface area contributed by atoms with Crippen molar-refractivity contribution in [2.45, 2.75) is 12.8 Å². The molecule has 0 aliphatic carbocycles. The van der Waals surface area contributed by atoms with E-state index in [9.17, 15) is 5.11 Å². The zero-order valence-electron chi connectivity index (χ0n) is 8.92. The van der Waals surface area contributed by atoms with E-state index >= 15 is 0 Å². The maximum Gasteiger partial charge on any atom is 0.231 e. The fourth-order valence-corrected chi connectivity index (χ4v) is 1.30. The zero-order chi connectivity index (χ0) is 11.5. The maximum absolute atomic E-state index is 9.33. The highest BCUT2D eigenvalue weighted by atomic mass is 16.5. The van der Waals surface area contributed by atoms with E-state index in [1.807, 2.05) is 13.0 Å². The molecule has 0 bridgehead atoms. The number of rotatable bonds is 3. The van der Waals surface area contributed by atoms with Gasteiger partial charge in [0.05, 0.1) is 0 Å². The lowest BCUT2D eigenvalue weighted by atomic mass is 10.2. The topological polar surface area (TPSA) is 85.2 Å². The van der Waals surface area contributed by atoms with Gasteiger partial charge < -0.3 is 15.4 Å². The van der Waals surface area contributed by atoms with Gasteiger partial charge in [-0.1, -0.05) is 24.2 Å². The minimum Gasteiger partial charge on any atom is -0.508 e. The molecule has 1 aromatic carbocycles. The Labute approximate surface area is 92.9 Å². The van der Waals surface area contributed by atoms with E-state index < -0.39 is 0 Å². The molecule has 0 spiro atoms. The second-order valence-electron chi connectivity index (χ2n) is 3.64. The number of hydrogen-bond donors (Lipinski definition) is 2. The van der Waals surface area contributed by atoms with Crippen molar-refractivity contribution < 1.29 is 9.63 Å². The molecule has 1 unspecified atom stereocenters. The van der Waals surface area contributed by atoms with Crippen molar-refractivity contribution in [3.63, 3.8) is 0 Å². The Balaban J connectivity index is 2.31. The fraction of sp³-hybridized carbons (Fsp3) is 0.273. The van der Waals surface area contributed by atoms with Crippen molar-refractivity contribution in [3.05, 3.63) is 30.2 Å². The van der Waals surface area contributed by atoms with Crippen LogP contribution in [0.25, 0.3) is 11.4 Å². The third kappa shape index (κ3) is 2.04. The average Bonchev–Trinajstić information content (AvgIpc) is 2.77. The third-order valence-corrected chi connectivity index (χ3v) is 2.32. The van der Waals surface area contributed by atoms with Crippen LogP contribution in [0.2, 0.25) is 0 Å². The predicted octanol–water partition coefficient (Wildman–Crippen LogP) is 1.50. The quantitative estimate of drug-likeness (QED) is 0.817. The molecule has 0 saturated carbocycles. The summed E-state index contributed by atoms with van der Waals surface area (Å²) in [7, 11) is 0. The summed E-state index contributed by atoms with van der Waals surface area (Å²) in [6, 6.07) is 6.71. The summed E-state index contributed by atoms with van der Waals surface area (Å²) < 4.78 is 5.09. The van der Waals surface area contributed by atoms with Crippen molar-refractivity contribution in [1.82, 2.24) is 10.1 Å². The molecular formula is C11H13N3O2. The van der Waals surface area contributed by atoms with E-state index in [2.05, 4.69) is 10.1 Å². The van der Waals surface area contributed by atoms with Crippen LogP contribution in [0.4, 0.5) is 0 Å². The zero-order valence-corrected chi connectivity index (χ0v) is 8.92. The smallest absolute Gasteiger partial charge is 0.231 e. The van der Waals surface area contributed by atoms with Crippen molar-refractivity contribution in [2.75, 3.05) is 6.54 Å². The third-order valence-electron chi connectivity index (χ3n) is 2.32. The SMILES string of the molecule is CC(CN)c1nc(-c2cccc(O)c2)no1. The van der Waals surface area contributed by atoms with Crippen molar-refractivity contribution in [2.24, 2.45) is 5.73 Å². The molecule has 1 atom stereocenters. The molecule has 3 N–H and O–H groups in total. The summed E-state index contributed by atoms with van der Waals surface area (Å²) in [5.41, 5.74) is 6.23. The van der Waals surface area contributed by atoms with E-state index in [0.29, 0.717) is 18.3 Å². The highest BCUT2D eigenvalue weighted by Crippen LogP contribution is 2.22. The molecule has 0 aliphatic rings. The predicted molar refractivity (Wildman–Crippen MR) is 58.9 cm³/mol. The fourth-order valence-electron chi connectivity index (χ4n) is 1.30. The van der Waals surface area contributed by atoms with Crippen LogP contribution < -0.4 is 5.73 Å². The minimum atomic E-state index is 0.0403. The van der Waals surface area contributed by atoms with Gasteiger partial charge in [0.1, 0.15) is 5.75 Å². The highest BCUT2D eigenvalue weighted by Gasteiger charge is 2.13. The van der Waals surface area contributed by atoms with E-state index in [4.69, 9.17) is 10.3 Å². The van der Waals surface area contributed by atoms with Crippen LogP contribution in [-0.4, -0.2) is 21.8 Å². The molecule has 1 aromatic heterocycles. The number of aromatic nitrogens is 2. The largest absolute Gasteiger partial charge is 0.508 e. The molecule has 5 nitrogen and oxygen atoms in total. The van der Waals surface area contributed by atoms with Crippen molar-refractivity contribution >= 4 is 0 Å². The summed E-state index contributed by atoms with van der Waals surface area (Å²) in [5.74, 6) is 1.20. The molecule has 0 amide bonds. The molecule has 16 heavy (non-hydrogen) atoms. The number of aromatic hydroxyl groups is 1. The summed E-state index contributed by atoms with van der Waals surface area (Å²) in [4.78, 5) is 4.22. The Morgan fingerprint density at radius 2 is 2.31 bits per heavy atom. The van der Waals surface area contributed by atoms with Gasteiger partial charge in [-0.3, -0.25) is 0 Å². The van der Waals surface area contributed by atoms with Gasteiger partial charge in [-0.15, -0.1) is 0 Å². The summed E-state index contributed by atoms with van der Waals surface area (Å²) in [6.07, 6.45) is 0. The van der Waals surface area contributed by atoms with Crippen LogP contribution in [0.5, 0.6) is 5.75 Å². The lowest BCUT2D eigenvalue weighted by Gasteiger charge is -1.98. The Bertz CT molecular complexity index is 482. The van der Waals surface area contributed by atoms with Gasteiger partial charge in [0, 0.05) is 18.0 Å². The molecule has 84 valence electrons. The maximum atomic E-state index is 9.33. The van der Waals surface area contributed by atoms with Gasteiger partial charge in [-0.2, -0.15) is 4.98 Å². The molecule has 5 heteroatoms. The van der Waals surface area contributed by atoms with Gasteiger partial charge >= 0.3 is 0 Å². The summed E-state index contributed by atoms with van der Waals surface area (Å²) >= 11 is 0. The van der Waals surface area contributed by atoms with E-state index in [1.165, 1.54) is 0 Å².